The van der Waals surface area contributed by atoms with E-state index >= 15 is 0 Å². The van der Waals surface area contributed by atoms with Crippen molar-refractivity contribution in [2.24, 2.45) is 5.73 Å². The predicted molar refractivity (Wildman–Crippen MR) is 68.4 cm³/mol. The van der Waals surface area contributed by atoms with Gasteiger partial charge in [0.25, 0.3) is 0 Å². The predicted octanol–water partition coefficient (Wildman–Crippen LogP) is 3.55. The average molecular weight is 249 g/mol. The monoisotopic (exact) mass is 248 g/mol. The molecule has 0 saturated carbocycles. The summed E-state index contributed by atoms with van der Waals surface area (Å²) in [4.78, 5) is 3.95. The largest absolute Gasteiger partial charge is 0.456 e. The summed E-state index contributed by atoms with van der Waals surface area (Å²) in [6, 6.07) is 9.38. The third-order valence-corrected chi connectivity index (χ3v) is 2.53. The van der Waals surface area contributed by atoms with Crippen LogP contribution in [0.5, 0.6) is 11.5 Å². The smallest absolute Gasteiger partial charge is 0.147 e. The molecular weight excluding hydrogens is 236 g/mol. The quantitative estimate of drug-likeness (QED) is 0.904. The molecule has 0 aliphatic carbocycles. The number of pyridine rings is 1. The van der Waals surface area contributed by atoms with Crippen molar-refractivity contribution < 1.29 is 4.74 Å². The molecule has 1 aromatic heterocycles. The van der Waals surface area contributed by atoms with Crippen molar-refractivity contribution in [3.8, 4) is 11.5 Å². The lowest BCUT2D eigenvalue weighted by Crippen LogP contribution is -2.04. The standard InChI is InChI=1S/C13H13ClN2O/c1-9(15)10-2-4-12(5-3-10)17-13-6-11(14)7-16-8-13/h2-9H,15H2,1H3. The molecule has 0 fully saturated rings. The molecule has 1 unspecified atom stereocenters. The summed E-state index contributed by atoms with van der Waals surface area (Å²) in [6.07, 6.45) is 3.18. The van der Waals surface area contributed by atoms with Gasteiger partial charge in [-0.25, -0.2) is 0 Å². The first-order chi connectivity index (χ1) is 8.15. The molecule has 2 N–H and O–H groups in total. The molecule has 0 spiro atoms. The minimum absolute atomic E-state index is 0.0249. The molecule has 4 heteroatoms. The molecule has 1 aromatic carbocycles. The summed E-state index contributed by atoms with van der Waals surface area (Å²) < 4.78 is 5.61. The third-order valence-electron chi connectivity index (χ3n) is 2.32. The van der Waals surface area contributed by atoms with Crippen LogP contribution in [0, 0.1) is 0 Å². The molecule has 17 heavy (non-hydrogen) atoms. The molecule has 2 aromatic rings. The molecule has 2 rings (SSSR count). The maximum absolute atomic E-state index is 5.82. The number of nitrogens with two attached hydrogens (primary N) is 1. The van der Waals surface area contributed by atoms with Crippen LogP contribution in [0.3, 0.4) is 0 Å². The minimum Gasteiger partial charge on any atom is -0.456 e. The van der Waals surface area contributed by atoms with E-state index in [1.165, 1.54) is 0 Å². The maximum atomic E-state index is 5.82. The average Bonchev–Trinajstić information content (AvgIpc) is 2.29. The van der Waals surface area contributed by atoms with Crippen LogP contribution in [0.15, 0.2) is 42.7 Å². The van der Waals surface area contributed by atoms with E-state index in [2.05, 4.69) is 4.98 Å². The van der Waals surface area contributed by atoms with E-state index in [0.717, 1.165) is 11.3 Å². The van der Waals surface area contributed by atoms with E-state index in [-0.39, 0.29) is 6.04 Å². The number of halogens is 1. The van der Waals surface area contributed by atoms with Crippen LogP contribution in [0.4, 0.5) is 0 Å². The molecule has 0 bridgehead atoms. The summed E-state index contributed by atoms with van der Waals surface area (Å²) in [6.45, 7) is 1.94. The zero-order valence-corrected chi connectivity index (χ0v) is 10.2. The SMILES string of the molecule is CC(N)c1ccc(Oc2cncc(Cl)c2)cc1. The van der Waals surface area contributed by atoms with Crippen molar-refractivity contribution in [2.45, 2.75) is 13.0 Å². The van der Waals surface area contributed by atoms with Gasteiger partial charge in [-0.3, -0.25) is 4.98 Å². The van der Waals surface area contributed by atoms with Crippen molar-refractivity contribution in [1.82, 2.24) is 4.98 Å². The van der Waals surface area contributed by atoms with E-state index in [1.807, 2.05) is 31.2 Å². The van der Waals surface area contributed by atoms with Gasteiger partial charge in [0, 0.05) is 18.3 Å². The first kappa shape index (κ1) is 11.9. The van der Waals surface area contributed by atoms with Crippen molar-refractivity contribution >= 4 is 11.6 Å². The van der Waals surface area contributed by atoms with Gasteiger partial charge < -0.3 is 10.5 Å². The molecule has 0 radical (unpaired) electrons. The Kier molecular flexibility index (Phi) is 3.61. The van der Waals surface area contributed by atoms with Crippen molar-refractivity contribution in [1.29, 1.82) is 0 Å². The zero-order valence-electron chi connectivity index (χ0n) is 9.43. The molecular formula is C13H13ClN2O. The molecule has 0 aliphatic rings. The molecule has 0 aliphatic heterocycles. The number of rotatable bonds is 3. The van der Waals surface area contributed by atoms with E-state index in [0.29, 0.717) is 10.8 Å². The van der Waals surface area contributed by atoms with Gasteiger partial charge in [0.05, 0.1) is 11.2 Å². The van der Waals surface area contributed by atoms with Crippen LogP contribution in [0.1, 0.15) is 18.5 Å². The van der Waals surface area contributed by atoms with Gasteiger partial charge in [-0.15, -0.1) is 0 Å². The topological polar surface area (TPSA) is 48.1 Å². The van der Waals surface area contributed by atoms with E-state index < -0.39 is 0 Å². The summed E-state index contributed by atoms with van der Waals surface area (Å²) in [7, 11) is 0. The lowest BCUT2D eigenvalue weighted by atomic mass is 10.1. The van der Waals surface area contributed by atoms with Gasteiger partial charge in [0.2, 0.25) is 0 Å². The van der Waals surface area contributed by atoms with Gasteiger partial charge >= 0.3 is 0 Å². The first-order valence-corrected chi connectivity index (χ1v) is 5.67. The van der Waals surface area contributed by atoms with Crippen molar-refractivity contribution in [2.75, 3.05) is 0 Å². The van der Waals surface area contributed by atoms with Gasteiger partial charge in [0.15, 0.2) is 0 Å². The second-order valence-electron chi connectivity index (χ2n) is 3.80. The molecule has 1 atom stereocenters. The summed E-state index contributed by atoms with van der Waals surface area (Å²) in [5.41, 5.74) is 6.84. The molecule has 3 nitrogen and oxygen atoms in total. The van der Waals surface area contributed by atoms with Crippen LogP contribution in [0.25, 0.3) is 0 Å². The Morgan fingerprint density at radius 3 is 2.47 bits per heavy atom. The normalized spacial score (nSPS) is 12.2. The summed E-state index contributed by atoms with van der Waals surface area (Å²) in [5, 5.41) is 0.551. The van der Waals surface area contributed by atoms with Gasteiger partial charge in [-0.2, -0.15) is 0 Å². The molecule has 88 valence electrons. The number of ether oxygens (including phenoxy) is 1. The third kappa shape index (κ3) is 3.19. The fourth-order valence-corrected chi connectivity index (χ4v) is 1.59. The van der Waals surface area contributed by atoms with Gasteiger partial charge in [0.1, 0.15) is 11.5 Å². The highest BCUT2D eigenvalue weighted by molar-refractivity contribution is 6.30. The Bertz CT molecular complexity index is 497. The van der Waals surface area contributed by atoms with Crippen LogP contribution in [-0.4, -0.2) is 4.98 Å². The van der Waals surface area contributed by atoms with Crippen LogP contribution in [-0.2, 0) is 0 Å². The Morgan fingerprint density at radius 2 is 1.88 bits per heavy atom. The maximum Gasteiger partial charge on any atom is 0.147 e. The van der Waals surface area contributed by atoms with E-state index in [9.17, 15) is 0 Å². The number of aromatic nitrogens is 1. The highest BCUT2D eigenvalue weighted by atomic mass is 35.5. The molecule has 1 heterocycles. The Morgan fingerprint density at radius 1 is 1.18 bits per heavy atom. The van der Waals surface area contributed by atoms with E-state index in [1.54, 1.807) is 18.5 Å². The second kappa shape index (κ2) is 5.17. The van der Waals surface area contributed by atoms with Crippen LogP contribution >= 0.6 is 11.6 Å². The zero-order chi connectivity index (χ0) is 12.3. The lowest BCUT2D eigenvalue weighted by Gasteiger charge is -2.08. The summed E-state index contributed by atoms with van der Waals surface area (Å²) >= 11 is 5.82. The number of hydrogen-bond donors (Lipinski definition) is 1. The lowest BCUT2D eigenvalue weighted by molar-refractivity contribution is 0.480. The number of nitrogens with zero attached hydrogens (tertiary/aromatic N) is 1. The highest BCUT2D eigenvalue weighted by Gasteiger charge is 2.01. The minimum atomic E-state index is 0.0249. The second-order valence-corrected chi connectivity index (χ2v) is 4.24. The van der Waals surface area contributed by atoms with E-state index in [4.69, 9.17) is 22.1 Å². The van der Waals surface area contributed by atoms with Crippen molar-refractivity contribution in [3.63, 3.8) is 0 Å². The fraction of sp³-hybridized carbons (Fsp3) is 0.154. The first-order valence-electron chi connectivity index (χ1n) is 5.29. The van der Waals surface area contributed by atoms with Gasteiger partial charge in [-0.1, -0.05) is 23.7 Å². The summed E-state index contributed by atoms with van der Waals surface area (Å²) in [5.74, 6) is 1.35. The fourth-order valence-electron chi connectivity index (χ4n) is 1.42. The number of hydrogen-bond acceptors (Lipinski definition) is 3. The van der Waals surface area contributed by atoms with Crippen LogP contribution in [0.2, 0.25) is 5.02 Å². The Balaban J connectivity index is 2.14. The Hall–Kier alpha value is -1.58. The number of benzene rings is 1. The molecule has 0 amide bonds. The van der Waals surface area contributed by atoms with Gasteiger partial charge in [-0.05, 0) is 24.6 Å². The Labute approximate surface area is 105 Å². The van der Waals surface area contributed by atoms with Crippen LogP contribution < -0.4 is 10.5 Å². The highest BCUT2D eigenvalue weighted by Crippen LogP contribution is 2.24. The molecule has 0 saturated heterocycles. The van der Waals surface area contributed by atoms with Crippen molar-refractivity contribution in [3.05, 3.63) is 53.3 Å².